The standard InChI is InChI=1S/C14H19NO/c1-8(16)13-12-9(7-15(13)2)10-3-4-11(12)14(10)5-6-14/h3-4,9-13H,5-7H2,1-2H3/t9-,10+,11-,12-,13-/m1/s1. The molecule has 2 nitrogen and oxygen atoms in total. The molecule has 16 heavy (non-hydrogen) atoms. The third-order valence-corrected chi connectivity index (χ3v) is 5.81. The van der Waals surface area contributed by atoms with E-state index in [9.17, 15) is 4.79 Å². The first-order chi connectivity index (χ1) is 7.65. The summed E-state index contributed by atoms with van der Waals surface area (Å²) in [4.78, 5) is 14.1. The summed E-state index contributed by atoms with van der Waals surface area (Å²) in [6.45, 7) is 2.92. The fourth-order valence-electron chi connectivity index (χ4n) is 5.23. The van der Waals surface area contributed by atoms with Gasteiger partial charge in [0.05, 0.1) is 6.04 Å². The van der Waals surface area contributed by atoms with E-state index < -0.39 is 0 Å². The second-order valence-corrected chi connectivity index (χ2v) is 6.41. The van der Waals surface area contributed by atoms with Crippen LogP contribution >= 0.6 is 0 Å². The van der Waals surface area contributed by atoms with Crippen molar-refractivity contribution in [2.24, 2.45) is 29.1 Å². The second kappa shape index (κ2) is 2.61. The molecule has 0 amide bonds. The number of rotatable bonds is 1. The van der Waals surface area contributed by atoms with E-state index in [1.807, 2.05) is 0 Å². The molecule has 5 atom stereocenters. The Morgan fingerprint density at radius 3 is 2.62 bits per heavy atom. The molecule has 1 aliphatic heterocycles. The summed E-state index contributed by atoms with van der Waals surface area (Å²) in [6, 6.07) is 0.211. The molecule has 0 aromatic rings. The number of Topliss-reactive ketones (excluding diaryl/α,β-unsaturated/α-hetero) is 1. The van der Waals surface area contributed by atoms with Crippen molar-refractivity contribution in [2.45, 2.75) is 25.8 Å². The lowest BCUT2D eigenvalue weighted by atomic mass is 9.80. The van der Waals surface area contributed by atoms with E-state index in [2.05, 4.69) is 24.1 Å². The van der Waals surface area contributed by atoms with Gasteiger partial charge >= 0.3 is 0 Å². The highest BCUT2D eigenvalue weighted by Crippen LogP contribution is 2.73. The summed E-state index contributed by atoms with van der Waals surface area (Å²) in [5.41, 5.74) is 0.629. The lowest BCUT2D eigenvalue weighted by Crippen LogP contribution is -2.38. The fraction of sp³-hybridized carbons (Fsp3) is 0.786. The van der Waals surface area contributed by atoms with Crippen molar-refractivity contribution in [2.75, 3.05) is 13.6 Å². The van der Waals surface area contributed by atoms with Crippen molar-refractivity contribution in [3.05, 3.63) is 12.2 Å². The summed E-state index contributed by atoms with van der Waals surface area (Å²) in [7, 11) is 2.13. The highest BCUT2D eigenvalue weighted by Gasteiger charge is 2.70. The highest BCUT2D eigenvalue weighted by molar-refractivity contribution is 5.82. The molecule has 1 heterocycles. The lowest BCUT2D eigenvalue weighted by Gasteiger charge is -2.27. The maximum Gasteiger partial charge on any atom is 0.147 e. The van der Waals surface area contributed by atoms with Gasteiger partial charge in [-0.15, -0.1) is 0 Å². The molecule has 3 fully saturated rings. The van der Waals surface area contributed by atoms with Gasteiger partial charge in [0.25, 0.3) is 0 Å². The number of carbonyl (C=O) groups is 1. The van der Waals surface area contributed by atoms with Crippen molar-refractivity contribution < 1.29 is 4.79 Å². The minimum atomic E-state index is 0.211. The van der Waals surface area contributed by atoms with Crippen molar-refractivity contribution >= 4 is 5.78 Å². The third kappa shape index (κ3) is 0.839. The Morgan fingerprint density at radius 1 is 1.31 bits per heavy atom. The first kappa shape index (κ1) is 9.41. The molecule has 0 unspecified atom stereocenters. The van der Waals surface area contributed by atoms with Crippen molar-refractivity contribution in [1.82, 2.24) is 4.90 Å². The molecule has 2 saturated carbocycles. The minimum absolute atomic E-state index is 0.211. The van der Waals surface area contributed by atoms with Crippen LogP contribution in [-0.2, 0) is 4.79 Å². The van der Waals surface area contributed by atoms with Crippen molar-refractivity contribution in [3.63, 3.8) is 0 Å². The van der Waals surface area contributed by atoms with Gasteiger partial charge in [0.2, 0.25) is 0 Å². The van der Waals surface area contributed by atoms with Gasteiger partial charge in [-0.05, 0) is 55.9 Å². The summed E-state index contributed by atoms with van der Waals surface area (Å²) < 4.78 is 0. The second-order valence-electron chi connectivity index (χ2n) is 6.41. The largest absolute Gasteiger partial charge is 0.298 e. The van der Waals surface area contributed by atoms with Gasteiger partial charge in [-0.25, -0.2) is 0 Å². The first-order valence-corrected chi connectivity index (χ1v) is 6.54. The van der Waals surface area contributed by atoms with Crippen molar-refractivity contribution in [1.29, 1.82) is 0 Å². The molecular weight excluding hydrogens is 198 g/mol. The predicted octanol–water partition coefficient (Wildman–Crippen LogP) is 1.72. The Bertz CT molecular complexity index is 394. The molecule has 0 aromatic heterocycles. The van der Waals surface area contributed by atoms with Gasteiger partial charge in [-0.3, -0.25) is 9.69 Å². The number of likely N-dealkylation sites (N-methyl/N-ethyl adjacent to an activating group) is 1. The quantitative estimate of drug-likeness (QED) is 0.623. The average Bonchev–Trinajstić information content (AvgIpc) is 2.73. The summed E-state index contributed by atoms with van der Waals surface area (Å²) in [5, 5.41) is 0. The van der Waals surface area contributed by atoms with Crippen LogP contribution in [0.3, 0.4) is 0 Å². The van der Waals surface area contributed by atoms with Gasteiger partial charge < -0.3 is 0 Å². The van der Waals surface area contributed by atoms with Gasteiger partial charge in [-0.1, -0.05) is 12.2 Å². The summed E-state index contributed by atoms with van der Waals surface area (Å²) in [5.74, 6) is 3.32. The van der Waals surface area contributed by atoms with E-state index in [1.54, 1.807) is 6.92 Å². The van der Waals surface area contributed by atoms with Gasteiger partial charge in [-0.2, -0.15) is 0 Å². The zero-order chi connectivity index (χ0) is 11.1. The first-order valence-electron chi connectivity index (χ1n) is 6.54. The average molecular weight is 217 g/mol. The van der Waals surface area contributed by atoms with Crippen LogP contribution in [0.2, 0.25) is 0 Å². The molecule has 0 aromatic carbocycles. The molecule has 4 rings (SSSR count). The number of allylic oxidation sites excluding steroid dienone is 2. The van der Waals surface area contributed by atoms with E-state index in [4.69, 9.17) is 0 Å². The van der Waals surface area contributed by atoms with Gasteiger partial charge in [0, 0.05) is 6.54 Å². The molecule has 3 aliphatic carbocycles. The minimum Gasteiger partial charge on any atom is -0.298 e. The van der Waals surface area contributed by atoms with Crippen LogP contribution in [0, 0.1) is 29.1 Å². The van der Waals surface area contributed by atoms with E-state index in [1.165, 1.54) is 12.8 Å². The van der Waals surface area contributed by atoms with E-state index in [0.717, 1.165) is 24.3 Å². The zero-order valence-corrected chi connectivity index (χ0v) is 10.0. The van der Waals surface area contributed by atoms with Crippen LogP contribution < -0.4 is 0 Å². The Hall–Kier alpha value is -0.630. The van der Waals surface area contributed by atoms with Crippen LogP contribution in [0.1, 0.15) is 19.8 Å². The Balaban J connectivity index is 1.76. The number of hydrogen-bond donors (Lipinski definition) is 0. The van der Waals surface area contributed by atoms with Crippen LogP contribution in [0.5, 0.6) is 0 Å². The Labute approximate surface area is 96.7 Å². The normalized spacial score (nSPS) is 51.2. The number of carbonyl (C=O) groups excluding carboxylic acids is 1. The van der Waals surface area contributed by atoms with Gasteiger partial charge in [0.1, 0.15) is 5.78 Å². The number of nitrogens with zero attached hydrogens (tertiary/aromatic N) is 1. The highest BCUT2D eigenvalue weighted by atomic mass is 16.1. The SMILES string of the molecule is CC(=O)[C@@H]1[C@@H]2[C@H](CN1C)[C@@H]1C=C[C@H]2C12CC2. The molecule has 4 aliphatic rings. The maximum atomic E-state index is 11.8. The Kier molecular flexibility index (Phi) is 1.53. The molecule has 0 N–H and O–H groups in total. The molecule has 0 radical (unpaired) electrons. The molecule has 1 spiro atoms. The molecule has 86 valence electrons. The lowest BCUT2D eigenvalue weighted by molar-refractivity contribution is -0.122. The Morgan fingerprint density at radius 2 is 2.00 bits per heavy atom. The number of fused-ring (bicyclic) bond motifs is 3. The number of ketones is 1. The van der Waals surface area contributed by atoms with Crippen LogP contribution in [-0.4, -0.2) is 30.3 Å². The molecular formula is C14H19NO. The zero-order valence-electron chi connectivity index (χ0n) is 10.0. The molecule has 2 heteroatoms. The summed E-state index contributed by atoms with van der Waals surface area (Å²) in [6.07, 6.45) is 7.73. The van der Waals surface area contributed by atoms with Crippen LogP contribution in [0.25, 0.3) is 0 Å². The van der Waals surface area contributed by atoms with Crippen LogP contribution in [0.4, 0.5) is 0 Å². The van der Waals surface area contributed by atoms with Gasteiger partial charge in [0.15, 0.2) is 0 Å². The fourth-order valence-corrected chi connectivity index (χ4v) is 5.23. The monoisotopic (exact) mass is 217 g/mol. The third-order valence-electron chi connectivity index (χ3n) is 5.81. The van der Waals surface area contributed by atoms with E-state index in [-0.39, 0.29) is 6.04 Å². The van der Waals surface area contributed by atoms with E-state index >= 15 is 0 Å². The maximum absolute atomic E-state index is 11.8. The van der Waals surface area contributed by atoms with Crippen molar-refractivity contribution in [3.8, 4) is 0 Å². The smallest absolute Gasteiger partial charge is 0.147 e. The molecule has 1 saturated heterocycles. The number of hydrogen-bond acceptors (Lipinski definition) is 2. The van der Waals surface area contributed by atoms with Crippen LogP contribution in [0.15, 0.2) is 12.2 Å². The molecule has 2 bridgehead atoms. The predicted molar refractivity (Wildman–Crippen MR) is 61.9 cm³/mol. The topological polar surface area (TPSA) is 20.3 Å². The van der Waals surface area contributed by atoms with E-state index in [0.29, 0.717) is 17.1 Å². The summed E-state index contributed by atoms with van der Waals surface area (Å²) >= 11 is 0. The number of likely N-dealkylation sites (tertiary alicyclic amines) is 1.